The average molecular weight is 267 g/mol. The van der Waals surface area contributed by atoms with Gasteiger partial charge in [0.05, 0.1) is 6.20 Å². The van der Waals surface area contributed by atoms with Crippen LogP contribution in [0.25, 0.3) is 0 Å². The smallest absolute Gasteiger partial charge is 0.215 e. The molecule has 6 heteroatoms. The van der Waals surface area contributed by atoms with Gasteiger partial charge >= 0.3 is 0 Å². The van der Waals surface area contributed by atoms with Crippen molar-refractivity contribution < 1.29 is 4.79 Å². The van der Waals surface area contributed by atoms with E-state index in [1.165, 1.54) is 6.20 Å². The highest BCUT2D eigenvalue weighted by Gasteiger charge is 2.30. The highest BCUT2D eigenvalue weighted by molar-refractivity contribution is 9.10. The fourth-order valence-electron chi connectivity index (χ4n) is 1.24. The zero-order valence-corrected chi connectivity index (χ0v) is 9.31. The van der Waals surface area contributed by atoms with Gasteiger partial charge in [0.1, 0.15) is 10.7 Å². The molecule has 0 N–H and O–H groups in total. The van der Waals surface area contributed by atoms with E-state index in [9.17, 15) is 4.79 Å². The molecule has 1 fully saturated rings. The van der Waals surface area contributed by atoms with Gasteiger partial charge in [-0.1, -0.05) is 0 Å². The summed E-state index contributed by atoms with van der Waals surface area (Å²) in [5.74, 6) is 0.485. The summed E-state index contributed by atoms with van der Waals surface area (Å²) >= 11 is 3.14. The molecule has 0 unspecified atom stereocenters. The molecular weight excluding hydrogens is 260 g/mol. The van der Waals surface area contributed by atoms with Gasteiger partial charge in [0, 0.05) is 6.04 Å². The monoisotopic (exact) mass is 266 g/mol. The number of nitrogens with zero attached hydrogens (tertiary/aromatic N) is 4. The SMILES string of the molecule is N#Cc1ncc(N(C=O)C2CC2)nc1Br. The molecule has 0 atom stereocenters. The van der Waals surface area contributed by atoms with Gasteiger partial charge in [-0.05, 0) is 28.8 Å². The summed E-state index contributed by atoms with van der Waals surface area (Å²) in [7, 11) is 0. The lowest BCUT2D eigenvalue weighted by Crippen LogP contribution is -2.24. The molecule has 0 aromatic carbocycles. The van der Waals surface area contributed by atoms with Gasteiger partial charge in [-0.2, -0.15) is 5.26 Å². The molecule has 1 aliphatic carbocycles. The first kappa shape index (κ1) is 10.1. The minimum absolute atomic E-state index is 0.223. The molecule has 0 saturated heterocycles. The van der Waals surface area contributed by atoms with Crippen molar-refractivity contribution in [2.45, 2.75) is 18.9 Å². The van der Waals surface area contributed by atoms with Gasteiger partial charge < -0.3 is 0 Å². The topological polar surface area (TPSA) is 69.9 Å². The van der Waals surface area contributed by atoms with E-state index in [1.54, 1.807) is 4.90 Å². The standard InChI is InChI=1S/C9H7BrN4O/c10-9-7(3-11)12-4-8(13-9)14(5-15)6-1-2-6/h4-6H,1-2H2. The maximum absolute atomic E-state index is 10.8. The highest BCUT2D eigenvalue weighted by atomic mass is 79.9. The lowest BCUT2D eigenvalue weighted by atomic mass is 10.4. The first-order chi connectivity index (χ1) is 7.26. The second kappa shape index (κ2) is 3.95. The van der Waals surface area contributed by atoms with Crippen LogP contribution in [0.2, 0.25) is 0 Å². The van der Waals surface area contributed by atoms with Crippen LogP contribution in [-0.2, 0) is 4.79 Å². The van der Waals surface area contributed by atoms with Crippen molar-refractivity contribution in [1.29, 1.82) is 5.26 Å². The first-order valence-corrected chi connectivity index (χ1v) is 5.22. The fraction of sp³-hybridized carbons (Fsp3) is 0.333. The van der Waals surface area contributed by atoms with E-state index in [0.29, 0.717) is 10.4 Å². The Bertz CT molecular complexity index is 438. The molecule has 76 valence electrons. The van der Waals surface area contributed by atoms with Crippen molar-refractivity contribution in [3.05, 3.63) is 16.5 Å². The summed E-state index contributed by atoms with van der Waals surface area (Å²) in [6.07, 6.45) is 4.19. The molecule has 1 heterocycles. The van der Waals surface area contributed by atoms with Crippen molar-refractivity contribution in [2.75, 3.05) is 4.90 Å². The van der Waals surface area contributed by atoms with E-state index in [1.807, 2.05) is 6.07 Å². The zero-order valence-electron chi connectivity index (χ0n) is 7.72. The number of halogens is 1. The normalized spacial score (nSPS) is 14.4. The molecule has 0 radical (unpaired) electrons. The van der Waals surface area contributed by atoms with E-state index in [0.717, 1.165) is 19.3 Å². The second-order valence-corrected chi connectivity index (χ2v) is 3.97. The summed E-state index contributed by atoms with van der Waals surface area (Å²) < 4.78 is 0.370. The van der Waals surface area contributed by atoms with Crippen LogP contribution in [0.15, 0.2) is 10.8 Å². The van der Waals surface area contributed by atoms with Crippen LogP contribution in [-0.4, -0.2) is 22.4 Å². The average Bonchev–Trinajstić information content (AvgIpc) is 3.03. The molecule has 5 nitrogen and oxygen atoms in total. The van der Waals surface area contributed by atoms with Crippen LogP contribution in [0, 0.1) is 11.3 Å². The largest absolute Gasteiger partial charge is 0.295 e. The Kier molecular flexibility index (Phi) is 2.64. The van der Waals surface area contributed by atoms with Crippen LogP contribution in [0.4, 0.5) is 5.82 Å². The summed E-state index contributed by atoms with van der Waals surface area (Å²) in [4.78, 5) is 20.4. The van der Waals surface area contributed by atoms with Gasteiger partial charge in [-0.3, -0.25) is 9.69 Å². The van der Waals surface area contributed by atoms with Crippen molar-refractivity contribution in [2.24, 2.45) is 0 Å². The molecule has 15 heavy (non-hydrogen) atoms. The first-order valence-electron chi connectivity index (χ1n) is 4.42. The Hall–Kier alpha value is -1.48. The molecule has 1 saturated carbocycles. The third kappa shape index (κ3) is 1.97. The predicted octanol–water partition coefficient (Wildman–Crippen LogP) is 1.24. The quantitative estimate of drug-likeness (QED) is 0.772. The molecule has 0 spiro atoms. The second-order valence-electron chi connectivity index (χ2n) is 3.22. The van der Waals surface area contributed by atoms with Crippen molar-refractivity contribution in [3.8, 4) is 6.07 Å². The number of hydrogen-bond donors (Lipinski definition) is 0. The molecule has 1 aliphatic rings. The third-order valence-electron chi connectivity index (χ3n) is 2.14. The Labute approximate surface area is 94.9 Å². The van der Waals surface area contributed by atoms with Gasteiger partial charge in [-0.15, -0.1) is 0 Å². The Morgan fingerprint density at radius 2 is 2.40 bits per heavy atom. The summed E-state index contributed by atoms with van der Waals surface area (Å²) in [6.45, 7) is 0. The van der Waals surface area contributed by atoms with Crippen molar-refractivity contribution in [1.82, 2.24) is 9.97 Å². The van der Waals surface area contributed by atoms with Crippen LogP contribution in [0.5, 0.6) is 0 Å². The molecule has 1 aromatic heterocycles. The van der Waals surface area contributed by atoms with E-state index in [-0.39, 0.29) is 11.7 Å². The van der Waals surface area contributed by atoms with Gasteiger partial charge in [0.2, 0.25) is 6.41 Å². The number of hydrogen-bond acceptors (Lipinski definition) is 4. The highest BCUT2D eigenvalue weighted by Crippen LogP contribution is 2.29. The number of carbonyl (C=O) groups is 1. The molecule has 1 amide bonds. The summed E-state index contributed by atoms with van der Waals surface area (Å²) in [5.41, 5.74) is 0.223. The number of carbonyl (C=O) groups excluding carboxylic acids is 1. The zero-order chi connectivity index (χ0) is 10.8. The molecule has 2 rings (SSSR count). The maximum atomic E-state index is 10.8. The molecule has 1 aromatic rings. The number of nitriles is 1. The minimum Gasteiger partial charge on any atom is -0.295 e. The van der Waals surface area contributed by atoms with Gasteiger partial charge in [0.25, 0.3) is 0 Å². The van der Waals surface area contributed by atoms with Crippen LogP contribution < -0.4 is 4.90 Å². The van der Waals surface area contributed by atoms with E-state index in [4.69, 9.17) is 5.26 Å². The van der Waals surface area contributed by atoms with E-state index >= 15 is 0 Å². The predicted molar refractivity (Wildman–Crippen MR) is 56.0 cm³/mol. The van der Waals surface area contributed by atoms with Crippen molar-refractivity contribution in [3.63, 3.8) is 0 Å². The Morgan fingerprint density at radius 3 is 2.87 bits per heavy atom. The fourth-order valence-corrected chi connectivity index (χ4v) is 1.61. The van der Waals surface area contributed by atoms with Gasteiger partial charge in [0.15, 0.2) is 11.5 Å². The molecular formula is C9H7BrN4O. The van der Waals surface area contributed by atoms with Crippen LogP contribution in [0.1, 0.15) is 18.5 Å². The minimum atomic E-state index is 0.223. The maximum Gasteiger partial charge on any atom is 0.215 e. The molecule has 0 bridgehead atoms. The Balaban J connectivity index is 2.32. The Morgan fingerprint density at radius 1 is 1.67 bits per heavy atom. The summed E-state index contributed by atoms with van der Waals surface area (Å²) in [5, 5.41) is 8.66. The summed E-state index contributed by atoms with van der Waals surface area (Å²) in [6, 6.07) is 2.14. The van der Waals surface area contributed by atoms with Gasteiger partial charge in [-0.25, -0.2) is 9.97 Å². The van der Waals surface area contributed by atoms with Crippen molar-refractivity contribution >= 4 is 28.2 Å². The van der Waals surface area contributed by atoms with Crippen LogP contribution in [0.3, 0.4) is 0 Å². The molecule has 0 aliphatic heterocycles. The van der Waals surface area contributed by atoms with Crippen LogP contribution >= 0.6 is 15.9 Å². The number of amides is 1. The lowest BCUT2D eigenvalue weighted by molar-refractivity contribution is -0.107. The number of rotatable bonds is 3. The number of anilines is 1. The van der Waals surface area contributed by atoms with E-state index in [2.05, 4.69) is 25.9 Å². The number of aromatic nitrogens is 2. The lowest BCUT2D eigenvalue weighted by Gasteiger charge is -2.14. The third-order valence-corrected chi connectivity index (χ3v) is 2.69. The van der Waals surface area contributed by atoms with E-state index < -0.39 is 0 Å².